The van der Waals surface area contributed by atoms with Crippen molar-refractivity contribution in [1.82, 2.24) is 60.0 Å². The number of carbonyl (C=O) groups excluding carboxylic acids is 11. The molecule has 3 N–H and O–H groups in total. The molecule has 25 nitrogen and oxygen atoms in total. The number of piperidine rings is 1. The van der Waals surface area contributed by atoms with E-state index in [9.17, 15) is 56.3 Å². The first-order valence-electron chi connectivity index (χ1n) is 37.2. The zero-order valence-corrected chi connectivity index (χ0v) is 62.6. The topological polar surface area (TPSA) is 275 Å². The van der Waals surface area contributed by atoms with E-state index in [1.807, 2.05) is 20.8 Å². The number of epoxide rings is 1. The number of nitrogens with zero attached hydrogens (tertiary/aromatic N) is 9. The second kappa shape index (κ2) is 38.4. The Labute approximate surface area is 605 Å². The first-order chi connectivity index (χ1) is 48.4. The van der Waals surface area contributed by atoms with E-state index in [2.05, 4.69) is 16.0 Å². The number of carbonyl (C=O) groups is 11. The van der Waals surface area contributed by atoms with Gasteiger partial charge in [0.05, 0.1) is 55.9 Å². The van der Waals surface area contributed by atoms with Crippen LogP contribution in [0.2, 0.25) is 5.02 Å². The molecule has 8 atom stereocenters. The van der Waals surface area contributed by atoms with Gasteiger partial charge in [-0.15, -0.1) is 0 Å². The lowest BCUT2D eigenvalue weighted by Gasteiger charge is -2.41. The van der Waals surface area contributed by atoms with Gasteiger partial charge in [-0.1, -0.05) is 89.8 Å². The van der Waals surface area contributed by atoms with Gasteiger partial charge in [-0.2, -0.15) is 13.2 Å². The van der Waals surface area contributed by atoms with Crippen molar-refractivity contribution in [3.8, 4) is 0 Å². The molecule has 1 spiro atoms. The van der Waals surface area contributed by atoms with Crippen LogP contribution in [0.25, 0.3) is 0 Å². The van der Waals surface area contributed by atoms with Gasteiger partial charge in [0, 0.05) is 82.0 Å². The van der Waals surface area contributed by atoms with Crippen LogP contribution in [0.3, 0.4) is 0 Å². The number of ether oxygens (including phenoxy) is 2. The maximum Gasteiger partial charge on any atom is 0.417 e. The van der Waals surface area contributed by atoms with Crippen molar-refractivity contribution < 1.29 is 75.4 Å². The summed E-state index contributed by atoms with van der Waals surface area (Å²) in [5.74, 6) is -6.70. The molecule has 1 aromatic rings. The lowest BCUT2D eigenvalue weighted by atomic mass is 9.82. The number of amides is 11. The molecule has 102 heavy (non-hydrogen) atoms. The number of alkyl halides is 3. The number of aryl methyl sites for hydroxylation is 1. The van der Waals surface area contributed by atoms with Crippen molar-refractivity contribution in [2.24, 2.45) is 17.8 Å². The fourth-order valence-electron chi connectivity index (χ4n) is 15.3. The number of hydrogen-bond acceptors (Lipinski definition) is 14. The van der Waals surface area contributed by atoms with Crippen LogP contribution in [0.1, 0.15) is 180 Å². The van der Waals surface area contributed by atoms with Gasteiger partial charge in [-0.3, -0.25) is 58.1 Å². The SMILES string of the molecule is CCCOC[C@@H]1NC(=O)[C@H](CC(C)C)N(C)C(=O)C[C@@H](C(=O)N2CCCCC2)N(C)C(=O)[C@H](C2CCCCC2)N(C)C(=O)CCCCNC2(CO2)[C@@H]2CCCN2C(=O)[C@H](CCc2ccc(C(F)(F)F)c(Cl)c2)NC(=O)CN(C)C(=O)[C@H](CC2CCCCC2)N(C)C(=O)CN(C)C(=O)CN(C)C1=O. The smallest absolute Gasteiger partial charge is 0.379 e. The highest BCUT2D eigenvalue weighted by atomic mass is 35.5. The Hall–Kier alpha value is -6.65. The first-order valence-corrected chi connectivity index (χ1v) is 37.5. The number of hydrogen-bond donors (Lipinski definition) is 3. The predicted molar refractivity (Wildman–Crippen MR) is 376 cm³/mol. The second-order valence-electron chi connectivity index (χ2n) is 29.8. The van der Waals surface area contributed by atoms with Gasteiger partial charge in [0.2, 0.25) is 65.0 Å². The lowest BCUT2D eigenvalue weighted by molar-refractivity contribution is -0.155. The molecule has 0 aromatic heterocycles. The zero-order chi connectivity index (χ0) is 74.8. The summed E-state index contributed by atoms with van der Waals surface area (Å²) in [4.78, 5) is 174. The van der Waals surface area contributed by atoms with E-state index in [0.29, 0.717) is 70.1 Å². The summed E-state index contributed by atoms with van der Waals surface area (Å²) in [6, 6.07) is -4.40. The Kier molecular flexibility index (Phi) is 31.1. The molecule has 4 saturated heterocycles. The molecule has 7 rings (SSSR count). The van der Waals surface area contributed by atoms with E-state index in [1.54, 1.807) is 16.8 Å². The summed E-state index contributed by atoms with van der Waals surface area (Å²) in [6.45, 7) is 5.61. The predicted octanol–water partition coefficient (Wildman–Crippen LogP) is 5.86. The Bertz CT molecular complexity index is 3070. The van der Waals surface area contributed by atoms with Crippen molar-refractivity contribution in [3.05, 3.63) is 34.3 Å². The minimum Gasteiger partial charge on any atom is -0.379 e. The van der Waals surface area contributed by atoms with E-state index in [0.717, 1.165) is 86.5 Å². The van der Waals surface area contributed by atoms with Gasteiger partial charge in [0.25, 0.3) is 0 Å². The number of benzene rings is 1. The zero-order valence-electron chi connectivity index (χ0n) is 61.9. The molecule has 4 heterocycles. The molecule has 1 unspecified atom stereocenters. The molecule has 4 aliphatic heterocycles. The summed E-state index contributed by atoms with van der Waals surface area (Å²) in [5.41, 5.74) is -1.63. The van der Waals surface area contributed by atoms with Crippen molar-refractivity contribution in [2.45, 2.75) is 229 Å². The van der Waals surface area contributed by atoms with Crippen LogP contribution in [-0.4, -0.2) is 272 Å². The largest absolute Gasteiger partial charge is 0.417 e. The van der Waals surface area contributed by atoms with Gasteiger partial charge in [-0.25, -0.2) is 0 Å². The average Bonchev–Trinajstić information content (AvgIpc) is 1.59. The van der Waals surface area contributed by atoms with Crippen molar-refractivity contribution in [3.63, 3.8) is 0 Å². The molecule has 572 valence electrons. The van der Waals surface area contributed by atoms with Gasteiger partial charge >= 0.3 is 6.18 Å². The van der Waals surface area contributed by atoms with Gasteiger partial charge in [-0.05, 0) is 132 Å². The third-order valence-corrected chi connectivity index (χ3v) is 21.9. The van der Waals surface area contributed by atoms with E-state index < -0.39 is 150 Å². The Morgan fingerprint density at radius 2 is 1.28 bits per heavy atom. The molecular formula is C73H114ClF3N12O13. The van der Waals surface area contributed by atoms with Crippen LogP contribution in [-0.2, 0) is 74.8 Å². The Morgan fingerprint density at radius 1 is 0.657 bits per heavy atom. The number of fused-ring (bicyclic) bond motifs is 2. The quantitative estimate of drug-likeness (QED) is 0.154. The molecule has 2 aliphatic carbocycles. The molecular weight excluding hydrogens is 1350 g/mol. The highest BCUT2D eigenvalue weighted by Gasteiger charge is 2.56. The molecule has 29 heteroatoms. The Balaban J connectivity index is 1.21. The number of rotatable bonds is 13. The third kappa shape index (κ3) is 22.4. The minimum absolute atomic E-state index is 0.0191. The van der Waals surface area contributed by atoms with E-state index in [1.165, 1.54) is 78.9 Å². The molecule has 6 aliphatic rings. The number of nitrogens with one attached hydrogen (secondary N) is 3. The van der Waals surface area contributed by atoms with Crippen molar-refractivity contribution in [1.29, 1.82) is 0 Å². The van der Waals surface area contributed by atoms with Crippen LogP contribution < -0.4 is 16.0 Å². The monoisotopic (exact) mass is 1460 g/mol. The summed E-state index contributed by atoms with van der Waals surface area (Å²) < 4.78 is 53.5. The van der Waals surface area contributed by atoms with Gasteiger partial charge in [0.1, 0.15) is 36.3 Å². The van der Waals surface area contributed by atoms with Crippen LogP contribution >= 0.6 is 11.6 Å². The Morgan fingerprint density at radius 3 is 1.91 bits per heavy atom. The number of likely N-dealkylation sites (N-methyl/N-ethyl adjacent to an activating group) is 7. The second-order valence-corrected chi connectivity index (χ2v) is 30.2. The van der Waals surface area contributed by atoms with E-state index in [4.69, 9.17) is 21.1 Å². The highest BCUT2D eigenvalue weighted by molar-refractivity contribution is 6.31. The van der Waals surface area contributed by atoms with Gasteiger partial charge in [0.15, 0.2) is 5.72 Å². The van der Waals surface area contributed by atoms with Crippen LogP contribution in [0, 0.1) is 17.8 Å². The molecule has 11 amide bonds. The van der Waals surface area contributed by atoms with Crippen LogP contribution in [0.15, 0.2) is 18.2 Å². The summed E-state index contributed by atoms with van der Waals surface area (Å²) >= 11 is 6.16. The normalized spacial score (nSPS) is 27.4. The maximum absolute atomic E-state index is 15.4. The fourth-order valence-corrected chi connectivity index (χ4v) is 15.6. The number of halogens is 4. The molecule has 2 saturated carbocycles. The van der Waals surface area contributed by atoms with Crippen LogP contribution in [0.4, 0.5) is 13.2 Å². The third-order valence-electron chi connectivity index (χ3n) is 21.6. The van der Waals surface area contributed by atoms with Crippen molar-refractivity contribution in [2.75, 3.05) is 115 Å². The highest BCUT2D eigenvalue weighted by Crippen LogP contribution is 2.39. The fraction of sp³-hybridized carbons (Fsp3) is 0.767. The molecule has 6 fully saturated rings. The molecule has 0 bridgehead atoms. The average molecular weight is 1460 g/mol. The first kappa shape index (κ1) is 82.6. The maximum atomic E-state index is 15.4. The van der Waals surface area contributed by atoms with E-state index >= 15 is 9.59 Å². The standard InChI is InChI=1S/C73H114ClF3N12O13/c1-11-38-101-46-55-67(96)83(6)44-63(93)81(4)45-64(94)85(8)57(41-49-24-15-12-16-25-49)69(98)82(5)43-60(90)79-54(33-31-50-30-32-52(53(74)40-50)73(75,76)77)68(97)89-37-23-28-59(89)72(47-102-72)78-34-20-19-29-61(91)87(10)65(51-26-17-13-18-27-51)71(100)86(9)58(70(99)88-35-21-14-22-36-88)42-62(92)84(7)56(39-48(2)3)66(95)80-55/h30,32,40,48-49,51,54-59,65,78H,11-29,31,33-39,41-47H2,1-10H3,(H,79,90)(H,80,95)/t54-,55-,56-,57-,58-,59-,65-,72?/m0/s1. The summed E-state index contributed by atoms with van der Waals surface area (Å²) in [6.07, 6.45) is 8.40. The molecule has 1 aromatic carbocycles. The molecule has 0 radical (unpaired) electrons. The van der Waals surface area contributed by atoms with Crippen molar-refractivity contribution >= 4 is 76.6 Å². The van der Waals surface area contributed by atoms with Gasteiger partial charge < -0.3 is 64.2 Å². The summed E-state index contributed by atoms with van der Waals surface area (Å²) in [5, 5.41) is 8.64. The summed E-state index contributed by atoms with van der Waals surface area (Å²) in [7, 11) is 10.2. The number of likely N-dealkylation sites (tertiary alicyclic amines) is 1. The minimum atomic E-state index is -4.72. The van der Waals surface area contributed by atoms with E-state index in [-0.39, 0.29) is 82.1 Å². The van der Waals surface area contributed by atoms with Crippen LogP contribution in [0.5, 0.6) is 0 Å². The lowest BCUT2D eigenvalue weighted by Crippen LogP contribution is -2.59.